The zero-order valence-corrected chi connectivity index (χ0v) is 17.4. The van der Waals surface area contributed by atoms with Gasteiger partial charge in [-0.1, -0.05) is 60.7 Å². The molecule has 2 heterocycles. The molecule has 0 unspecified atom stereocenters. The first-order valence-corrected chi connectivity index (χ1v) is 10.4. The van der Waals surface area contributed by atoms with E-state index in [0.29, 0.717) is 30.0 Å². The van der Waals surface area contributed by atoms with E-state index in [9.17, 15) is 9.59 Å². The summed E-state index contributed by atoms with van der Waals surface area (Å²) in [4.78, 5) is 33.3. The van der Waals surface area contributed by atoms with E-state index in [1.54, 1.807) is 6.92 Å². The molecule has 0 aliphatic rings. The van der Waals surface area contributed by atoms with Gasteiger partial charge in [-0.25, -0.2) is 9.97 Å². The number of hydrogen-bond donors (Lipinski definition) is 2. The Bertz CT molecular complexity index is 1180. The average Bonchev–Trinajstić information content (AvgIpc) is 3.26. The Hall–Kier alpha value is -3.74. The molecular formula is C24H25N5O2. The molecule has 4 aromatic rings. The number of amides is 1. The Balaban J connectivity index is 1.37. The van der Waals surface area contributed by atoms with Crippen LogP contribution in [-0.4, -0.2) is 32.0 Å². The maximum absolute atomic E-state index is 12.6. The van der Waals surface area contributed by atoms with Crippen molar-refractivity contribution in [3.8, 4) is 0 Å². The predicted molar refractivity (Wildman–Crippen MR) is 119 cm³/mol. The van der Waals surface area contributed by atoms with Gasteiger partial charge in [-0.3, -0.25) is 14.7 Å². The van der Waals surface area contributed by atoms with Crippen molar-refractivity contribution in [3.05, 3.63) is 99.7 Å². The normalized spacial score (nSPS) is 11.2. The fraction of sp³-hybridized carbons (Fsp3) is 0.250. The highest BCUT2D eigenvalue weighted by atomic mass is 16.1. The molecule has 0 fully saturated rings. The number of nitrogens with one attached hydrogen (secondary N) is 2. The van der Waals surface area contributed by atoms with Crippen molar-refractivity contribution < 1.29 is 4.79 Å². The summed E-state index contributed by atoms with van der Waals surface area (Å²) in [5.41, 5.74) is 3.39. The first-order chi connectivity index (χ1) is 15.1. The topological polar surface area (TPSA) is 92.2 Å². The molecule has 31 heavy (non-hydrogen) atoms. The number of carbonyl (C=O) groups excluding carboxylic acids is 1. The SMILES string of the molecule is Cc1nc2nc[nH]n2c(=O)c1CCC(=O)NCCC(c1ccccc1)c1ccccc1. The number of aromatic nitrogens is 4. The summed E-state index contributed by atoms with van der Waals surface area (Å²) in [5.74, 6) is 0.471. The number of hydrogen-bond acceptors (Lipinski definition) is 4. The Morgan fingerprint density at radius 3 is 2.35 bits per heavy atom. The van der Waals surface area contributed by atoms with Crippen molar-refractivity contribution in [1.29, 1.82) is 0 Å². The molecule has 0 saturated heterocycles. The second kappa shape index (κ2) is 9.38. The Labute approximate surface area is 180 Å². The standard InChI is InChI=1S/C24H25N5O2/c1-17-20(23(31)29-24(28-17)26-16-27-29)12-13-22(30)25-15-14-21(18-8-4-2-5-9-18)19-10-6-3-7-11-19/h2-11,16,21H,12-15H2,1H3,(H,25,30)(H,26,27,28). The second-order valence-electron chi connectivity index (χ2n) is 7.52. The minimum Gasteiger partial charge on any atom is -0.356 e. The number of nitrogens with zero attached hydrogens (tertiary/aromatic N) is 3. The van der Waals surface area contributed by atoms with Crippen LogP contribution < -0.4 is 10.9 Å². The molecule has 7 heteroatoms. The third kappa shape index (κ3) is 4.71. The Morgan fingerprint density at radius 1 is 1.06 bits per heavy atom. The van der Waals surface area contributed by atoms with Gasteiger partial charge in [0.25, 0.3) is 11.3 Å². The van der Waals surface area contributed by atoms with Gasteiger partial charge in [-0.2, -0.15) is 4.52 Å². The lowest BCUT2D eigenvalue weighted by atomic mass is 9.88. The van der Waals surface area contributed by atoms with Crippen molar-refractivity contribution >= 4 is 11.7 Å². The molecule has 7 nitrogen and oxygen atoms in total. The molecule has 158 valence electrons. The molecule has 0 bridgehead atoms. The smallest absolute Gasteiger partial charge is 0.277 e. The highest BCUT2D eigenvalue weighted by Gasteiger charge is 2.15. The van der Waals surface area contributed by atoms with Gasteiger partial charge < -0.3 is 5.32 Å². The first-order valence-electron chi connectivity index (χ1n) is 10.4. The van der Waals surface area contributed by atoms with Crippen LogP contribution in [0.25, 0.3) is 5.78 Å². The fourth-order valence-corrected chi connectivity index (χ4v) is 3.86. The van der Waals surface area contributed by atoms with Gasteiger partial charge in [-0.15, -0.1) is 0 Å². The molecule has 2 N–H and O–H groups in total. The average molecular weight is 415 g/mol. The predicted octanol–water partition coefficient (Wildman–Crippen LogP) is 3.00. The quantitative estimate of drug-likeness (QED) is 0.463. The zero-order chi connectivity index (χ0) is 21.6. The van der Waals surface area contributed by atoms with Crippen molar-refractivity contribution in [2.75, 3.05) is 6.54 Å². The lowest BCUT2D eigenvalue weighted by Crippen LogP contribution is -2.28. The van der Waals surface area contributed by atoms with E-state index in [2.05, 4.69) is 44.6 Å². The molecule has 2 aromatic heterocycles. The number of aryl methyl sites for hydroxylation is 1. The van der Waals surface area contributed by atoms with Gasteiger partial charge in [-0.05, 0) is 30.9 Å². The summed E-state index contributed by atoms with van der Waals surface area (Å²) in [5, 5.41) is 5.76. The number of H-pyrrole nitrogens is 1. The number of fused-ring (bicyclic) bond motifs is 1. The molecular weight excluding hydrogens is 390 g/mol. The minimum absolute atomic E-state index is 0.0756. The van der Waals surface area contributed by atoms with Crippen molar-refractivity contribution in [2.24, 2.45) is 0 Å². The molecule has 2 aromatic carbocycles. The van der Waals surface area contributed by atoms with Gasteiger partial charge in [0.15, 0.2) is 0 Å². The van der Waals surface area contributed by atoms with Crippen molar-refractivity contribution in [3.63, 3.8) is 0 Å². The number of benzene rings is 2. The maximum Gasteiger partial charge on any atom is 0.277 e. The lowest BCUT2D eigenvalue weighted by molar-refractivity contribution is -0.121. The first kappa shape index (κ1) is 20.5. The monoisotopic (exact) mass is 415 g/mol. The third-order valence-electron chi connectivity index (χ3n) is 5.49. The molecule has 0 atom stereocenters. The molecule has 0 radical (unpaired) electrons. The van der Waals surface area contributed by atoms with E-state index in [0.717, 1.165) is 6.42 Å². The van der Waals surface area contributed by atoms with E-state index < -0.39 is 0 Å². The highest BCUT2D eigenvalue weighted by Crippen LogP contribution is 2.27. The van der Waals surface area contributed by atoms with Gasteiger partial charge in [0.2, 0.25) is 5.91 Å². The van der Waals surface area contributed by atoms with Gasteiger partial charge in [0, 0.05) is 24.4 Å². The van der Waals surface area contributed by atoms with Crippen molar-refractivity contribution in [1.82, 2.24) is 24.9 Å². The summed E-state index contributed by atoms with van der Waals surface area (Å²) in [6.45, 7) is 2.33. The molecule has 0 aliphatic carbocycles. The molecule has 1 amide bonds. The maximum atomic E-state index is 12.6. The summed E-state index contributed by atoms with van der Waals surface area (Å²) in [6.07, 6.45) is 2.80. The highest BCUT2D eigenvalue weighted by molar-refractivity contribution is 5.76. The Kier molecular flexibility index (Phi) is 6.21. The summed E-state index contributed by atoms with van der Waals surface area (Å²) >= 11 is 0. The zero-order valence-electron chi connectivity index (χ0n) is 17.4. The number of carbonyl (C=O) groups is 1. The summed E-state index contributed by atoms with van der Waals surface area (Å²) in [6, 6.07) is 20.6. The van der Waals surface area contributed by atoms with Gasteiger partial charge >= 0.3 is 0 Å². The van der Waals surface area contributed by atoms with E-state index in [-0.39, 0.29) is 23.8 Å². The molecule has 0 spiro atoms. The largest absolute Gasteiger partial charge is 0.356 e. The fourth-order valence-electron chi connectivity index (χ4n) is 3.86. The van der Waals surface area contributed by atoms with Gasteiger partial charge in [0.1, 0.15) is 6.33 Å². The van der Waals surface area contributed by atoms with Crippen LogP contribution in [0.15, 0.2) is 71.8 Å². The summed E-state index contributed by atoms with van der Waals surface area (Å²) in [7, 11) is 0. The number of aromatic amines is 1. The van der Waals surface area contributed by atoms with Crippen LogP contribution in [0, 0.1) is 6.92 Å². The lowest BCUT2D eigenvalue weighted by Gasteiger charge is -2.18. The van der Waals surface area contributed by atoms with Crippen LogP contribution in [0.1, 0.15) is 41.1 Å². The summed E-state index contributed by atoms with van der Waals surface area (Å²) < 4.78 is 1.30. The van der Waals surface area contributed by atoms with E-state index in [1.165, 1.54) is 22.0 Å². The minimum atomic E-state index is -0.207. The third-order valence-corrected chi connectivity index (χ3v) is 5.49. The molecule has 0 aliphatic heterocycles. The molecule has 0 saturated carbocycles. The van der Waals surface area contributed by atoms with Crippen LogP contribution >= 0.6 is 0 Å². The van der Waals surface area contributed by atoms with Crippen LogP contribution in [-0.2, 0) is 11.2 Å². The van der Waals surface area contributed by atoms with Crippen LogP contribution in [0.4, 0.5) is 0 Å². The molecule has 4 rings (SSSR count). The van der Waals surface area contributed by atoms with Crippen LogP contribution in [0.3, 0.4) is 0 Å². The second-order valence-corrected chi connectivity index (χ2v) is 7.52. The Morgan fingerprint density at radius 2 is 1.71 bits per heavy atom. The van der Waals surface area contributed by atoms with Gasteiger partial charge in [0.05, 0.1) is 5.69 Å². The van der Waals surface area contributed by atoms with Crippen LogP contribution in [0.2, 0.25) is 0 Å². The van der Waals surface area contributed by atoms with Crippen LogP contribution in [0.5, 0.6) is 0 Å². The van der Waals surface area contributed by atoms with E-state index in [4.69, 9.17) is 0 Å². The van der Waals surface area contributed by atoms with E-state index >= 15 is 0 Å². The number of rotatable bonds is 8. The van der Waals surface area contributed by atoms with E-state index in [1.807, 2.05) is 36.4 Å². The van der Waals surface area contributed by atoms with Crippen molar-refractivity contribution in [2.45, 2.75) is 32.1 Å².